The highest BCUT2D eigenvalue weighted by Crippen LogP contribution is 2.08. The van der Waals surface area contributed by atoms with Gasteiger partial charge < -0.3 is 5.11 Å². The molecular weight excluding hydrogens is 186 g/mol. The minimum atomic E-state index is 0.227. The Hall–Kier alpha value is -0.860. The number of aryl methyl sites for hydroxylation is 1. The van der Waals surface area contributed by atoms with Crippen molar-refractivity contribution in [3.05, 3.63) is 35.4 Å². The van der Waals surface area contributed by atoms with Gasteiger partial charge in [-0.15, -0.1) is 0 Å². The van der Waals surface area contributed by atoms with Gasteiger partial charge in [-0.1, -0.05) is 37.6 Å². The van der Waals surface area contributed by atoms with Crippen molar-refractivity contribution >= 4 is 0 Å². The predicted octanol–water partition coefficient (Wildman–Crippen LogP) is 2.06. The van der Waals surface area contributed by atoms with Gasteiger partial charge in [0.15, 0.2) is 0 Å². The highest BCUT2D eigenvalue weighted by atomic mass is 16.3. The van der Waals surface area contributed by atoms with Gasteiger partial charge >= 0.3 is 0 Å². The maximum absolute atomic E-state index is 8.79. The summed E-state index contributed by atoms with van der Waals surface area (Å²) in [6, 6.07) is 8.76. The Morgan fingerprint density at radius 1 is 1.13 bits per heavy atom. The van der Waals surface area contributed by atoms with Crippen LogP contribution < -0.4 is 0 Å². The van der Waals surface area contributed by atoms with E-state index in [0.717, 1.165) is 19.5 Å². The lowest BCUT2D eigenvalue weighted by atomic mass is 10.1. The molecule has 0 aromatic heterocycles. The summed E-state index contributed by atoms with van der Waals surface area (Å²) in [6.45, 7) is 4.07. The molecule has 0 aliphatic carbocycles. The first-order valence-electron chi connectivity index (χ1n) is 5.63. The molecule has 0 amide bonds. The van der Waals surface area contributed by atoms with Gasteiger partial charge in [0.05, 0.1) is 6.61 Å². The Kier molecular flexibility index (Phi) is 5.37. The summed E-state index contributed by atoms with van der Waals surface area (Å²) in [4.78, 5) is 2.12. The lowest BCUT2D eigenvalue weighted by Crippen LogP contribution is -2.21. The SMILES string of the molecule is CCCc1ccc(CN(C)CCO)cc1. The van der Waals surface area contributed by atoms with E-state index in [1.807, 2.05) is 7.05 Å². The standard InChI is InChI=1S/C13H21NO/c1-3-4-12-5-7-13(8-6-12)11-14(2)9-10-15/h5-8,15H,3-4,9-11H2,1-2H3. The summed E-state index contributed by atoms with van der Waals surface area (Å²) in [6.07, 6.45) is 2.36. The molecule has 1 aromatic rings. The van der Waals surface area contributed by atoms with Gasteiger partial charge in [0, 0.05) is 13.1 Å². The summed E-state index contributed by atoms with van der Waals surface area (Å²) in [5.74, 6) is 0. The number of rotatable bonds is 6. The molecule has 0 heterocycles. The smallest absolute Gasteiger partial charge is 0.0558 e. The van der Waals surface area contributed by atoms with Crippen LogP contribution in [0.1, 0.15) is 24.5 Å². The quantitative estimate of drug-likeness (QED) is 0.772. The van der Waals surface area contributed by atoms with Crippen LogP contribution in [0.15, 0.2) is 24.3 Å². The molecule has 0 radical (unpaired) electrons. The number of hydrogen-bond acceptors (Lipinski definition) is 2. The summed E-state index contributed by atoms with van der Waals surface area (Å²) in [5.41, 5.74) is 2.72. The third-order valence-corrected chi connectivity index (χ3v) is 2.50. The Balaban J connectivity index is 2.48. The van der Waals surface area contributed by atoms with Crippen molar-refractivity contribution in [1.82, 2.24) is 4.90 Å². The molecule has 0 aliphatic rings. The van der Waals surface area contributed by atoms with Gasteiger partial charge in [-0.3, -0.25) is 4.90 Å². The van der Waals surface area contributed by atoms with E-state index in [-0.39, 0.29) is 6.61 Å². The Morgan fingerprint density at radius 2 is 1.73 bits per heavy atom. The fourth-order valence-electron chi connectivity index (χ4n) is 1.66. The van der Waals surface area contributed by atoms with Crippen molar-refractivity contribution in [2.45, 2.75) is 26.3 Å². The second-order valence-corrected chi connectivity index (χ2v) is 4.03. The van der Waals surface area contributed by atoms with E-state index in [1.165, 1.54) is 17.5 Å². The van der Waals surface area contributed by atoms with E-state index in [0.29, 0.717) is 0 Å². The second-order valence-electron chi connectivity index (χ2n) is 4.03. The lowest BCUT2D eigenvalue weighted by Gasteiger charge is -2.15. The largest absolute Gasteiger partial charge is 0.395 e. The molecule has 84 valence electrons. The van der Waals surface area contributed by atoms with Crippen LogP contribution in [0.4, 0.5) is 0 Å². The lowest BCUT2D eigenvalue weighted by molar-refractivity contribution is 0.217. The molecule has 0 bridgehead atoms. The number of hydrogen-bond donors (Lipinski definition) is 1. The van der Waals surface area contributed by atoms with Crippen molar-refractivity contribution in [2.24, 2.45) is 0 Å². The molecule has 2 heteroatoms. The van der Waals surface area contributed by atoms with Crippen LogP contribution in [0, 0.1) is 0 Å². The molecule has 15 heavy (non-hydrogen) atoms. The summed E-state index contributed by atoms with van der Waals surface area (Å²) < 4.78 is 0. The molecule has 0 atom stereocenters. The third-order valence-electron chi connectivity index (χ3n) is 2.50. The fraction of sp³-hybridized carbons (Fsp3) is 0.538. The van der Waals surface area contributed by atoms with Crippen LogP contribution in [-0.2, 0) is 13.0 Å². The zero-order valence-electron chi connectivity index (χ0n) is 9.74. The first-order chi connectivity index (χ1) is 7.26. The van der Waals surface area contributed by atoms with Gasteiger partial charge in [-0.25, -0.2) is 0 Å². The zero-order valence-corrected chi connectivity index (χ0v) is 9.74. The monoisotopic (exact) mass is 207 g/mol. The Bertz CT molecular complexity index is 268. The topological polar surface area (TPSA) is 23.5 Å². The Labute approximate surface area is 92.5 Å². The number of benzene rings is 1. The minimum absolute atomic E-state index is 0.227. The van der Waals surface area contributed by atoms with E-state index in [1.54, 1.807) is 0 Å². The molecule has 1 N–H and O–H groups in total. The molecule has 1 rings (SSSR count). The van der Waals surface area contributed by atoms with Crippen molar-refractivity contribution in [3.8, 4) is 0 Å². The molecule has 0 saturated carbocycles. The molecule has 0 saturated heterocycles. The van der Waals surface area contributed by atoms with Gasteiger partial charge in [-0.05, 0) is 24.6 Å². The third kappa shape index (κ3) is 4.45. The summed E-state index contributed by atoms with van der Waals surface area (Å²) in [7, 11) is 2.02. The number of aliphatic hydroxyl groups excluding tert-OH is 1. The maximum atomic E-state index is 8.79. The van der Waals surface area contributed by atoms with Gasteiger partial charge in [0.1, 0.15) is 0 Å². The van der Waals surface area contributed by atoms with Crippen molar-refractivity contribution in [1.29, 1.82) is 0 Å². The predicted molar refractivity (Wildman–Crippen MR) is 63.9 cm³/mol. The fourth-order valence-corrected chi connectivity index (χ4v) is 1.66. The van der Waals surface area contributed by atoms with Crippen LogP contribution in [0.25, 0.3) is 0 Å². The van der Waals surface area contributed by atoms with Crippen molar-refractivity contribution in [2.75, 3.05) is 20.2 Å². The van der Waals surface area contributed by atoms with Crippen molar-refractivity contribution in [3.63, 3.8) is 0 Å². The molecule has 2 nitrogen and oxygen atoms in total. The minimum Gasteiger partial charge on any atom is -0.395 e. The number of likely N-dealkylation sites (N-methyl/N-ethyl adjacent to an activating group) is 1. The number of nitrogens with zero attached hydrogens (tertiary/aromatic N) is 1. The molecular formula is C13H21NO. The van der Waals surface area contributed by atoms with E-state index in [9.17, 15) is 0 Å². The van der Waals surface area contributed by atoms with E-state index in [2.05, 4.69) is 36.1 Å². The first-order valence-corrected chi connectivity index (χ1v) is 5.63. The Morgan fingerprint density at radius 3 is 2.27 bits per heavy atom. The zero-order chi connectivity index (χ0) is 11.1. The van der Waals surface area contributed by atoms with Gasteiger partial charge in [-0.2, -0.15) is 0 Å². The highest BCUT2D eigenvalue weighted by Gasteiger charge is 1.99. The van der Waals surface area contributed by atoms with Crippen molar-refractivity contribution < 1.29 is 5.11 Å². The first kappa shape index (κ1) is 12.2. The molecule has 0 unspecified atom stereocenters. The van der Waals surface area contributed by atoms with E-state index < -0.39 is 0 Å². The van der Waals surface area contributed by atoms with Gasteiger partial charge in [0.2, 0.25) is 0 Å². The van der Waals surface area contributed by atoms with Crippen LogP contribution in [0.2, 0.25) is 0 Å². The number of aliphatic hydroxyl groups is 1. The normalized spacial score (nSPS) is 10.9. The second kappa shape index (κ2) is 6.59. The average Bonchev–Trinajstić information content (AvgIpc) is 2.22. The maximum Gasteiger partial charge on any atom is 0.0558 e. The highest BCUT2D eigenvalue weighted by molar-refractivity contribution is 5.22. The molecule has 1 aromatic carbocycles. The summed E-state index contributed by atoms with van der Waals surface area (Å²) in [5, 5.41) is 8.79. The molecule has 0 spiro atoms. The van der Waals surface area contributed by atoms with Crippen LogP contribution in [0.3, 0.4) is 0 Å². The van der Waals surface area contributed by atoms with Gasteiger partial charge in [0.25, 0.3) is 0 Å². The average molecular weight is 207 g/mol. The van der Waals surface area contributed by atoms with Crippen LogP contribution >= 0.6 is 0 Å². The van der Waals surface area contributed by atoms with Crippen LogP contribution in [0.5, 0.6) is 0 Å². The van der Waals surface area contributed by atoms with E-state index in [4.69, 9.17) is 5.11 Å². The van der Waals surface area contributed by atoms with Crippen LogP contribution in [-0.4, -0.2) is 30.2 Å². The summed E-state index contributed by atoms with van der Waals surface area (Å²) >= 11 is 0. The van der Waals surface area contributed by atoms with E-state index >= 15 is 0 Å². The molecule has 0 aliphatic heterocycles. The molecule has 0 fully saturated rings.